The van der Waals surface area contributed by atoms with Gasteiger partial charge < -0.3 is 10.1 Å². The zero-order valence-corrected chi connectivity index (χ0v) is 13.1. The van der Waals surface area contributed by atoms with E-state index in [4.69, 9.17) is 16.3 Å². The molecule has 1 saturated carbocycles. The van der Waals surface area contributed by atoms with Crippen molar-refractivity contribution < 1.29 is 4.74 Å². The molecule has 0 aliphatic heterocycles. The Morgan fingerprint density at radius 1 is 1.30 bits per heavy atom. The Balaban J connectivity index is 1.77. The summed E-state index contributed by atoms with van der Waals surface area (Å²) in [5.74, 6) is 3.11. The third-order valence-corrected chi connectivity index (χ3v) is 5.24. The largest absolute Gasteiger partial charge is 0.495 e. The van der Waals surface area contributed by atoms with Crippen LogP contribution in [0.5, 0.6) is 5.75 Å². The van der Waals surface area contributed by atoms with Crippen LogP contribution >= 0.6 is 11.6 Å². The highest BCUT2D eigenvalue weighted by atomic mass is 35.5. The number of halogens is 1. The van der Waals surface area contributed by atoms with Crippen molar-refractivity contribution in [2.45, 2.75) is 32.7 Å². The molecule has 4 unspecified atom stereocenters. The summed E-state index contributed by atoms with van der Waals surface area (Å²) in [7, 11) is 1.69. The van der Waals surface area contributed by atoms with Crippen molar-refractivity contribution in [1.29, 1.82) is 0 Å². The fourth-order valence-electron chi connectivity index (χ4n) is 3.70. The topological polar surface area (TPSA) is 21.3 Å². The van der Waals surface area contributed by atoms with Gasteiger partial charge in [0.1, 0.15) is 5.75 Å². The Kier molecular flexibility index (Phi) is 3.68. The van der Waals surface area contributed by atoms with Crippen LogP contribution in [0.4, 0.5) is 5.69 Å². The van der Waals surface area contributed by atoms with Gasteiger partial charge in [-0.1, -0.05) is 23.8 Å². The number of benzene rings is 1. The van der Waals surface area contributed by atoms with Crippen LogP contribution < -0.4 is 10.1 Å². The molecule has 2 aliphatic rings. The third-order valence-electron chi connectivity index (χ3n) is 4.84. The van der Waals surface area contributed by atoms with Crippen LogP contribution in [0, 0.1) is 24.7 Å². The molecule has 2 bridgehead atoms. The molecule has 1 aromatic rings. The van der Waals surface area contributed by atoms with Crippen LogP contribution in [0.3, 0.4) is 0 Å². The van der Waals surface area contributed by atoms with E-state index in [9.17, 15) is 0 Å². The van der Waals surface area contributed by atoms with Gasteiger partial charge in [-0.05, 0) is 56.1 Å². The number of allylic oxidation sites excluding steroid dienone is 2. The molecule has 0 aromatic heterocycles. The number of hydrogen-bond acceptors (Lipinski definition) is 2. The summed E-state index contributed by atoms with van der Waals surface area (Å²) in [4.78, 5) is 0. The van der Waals surface area contributed by atoms with E-state index in [1.165, 1.54) is 12.8 Å². The number of nitrogens with one attached hydrogen (secondary N) is 1. The Morgan fingerprint density at radius 2 is 2.10 bits per heavy atom. The van der Waals surface area contributed by atoms with Crippen LogP contribution in [0.1, 0.15) is 25.3 Å². The third kappa shape index (κ3) is 2.42. The second-order valence-electron chi connectivity index (χ2n) is 6.18. The van der Waals surface area contributed by atoms with Gasteiger partial charge in [0.25, 0.3) is 0 Å². The van der Waals surface area contributed by atoms with E-state index in [1.807, 2.05) is 13.0 Å². The highest BCUT2D eigenvalue weighted by Gasteiger charge is 2.38. The Hall–Kier alpha value is -1.15. The Labute approximate surface area is 126 Å². The molecule has 0 amide bonds. The van der Waals surface area contributed by atoms with Gasteiger partial charge in [0, 0.05) is 17.1 Å². The predicted octanol–water partition coefficient (Wildman–Crippen LogP) is 4.67. The lowest BCUT2D eigenvalue weighted by Crippen LogP contribution is -2.29. The van der Waals surface area contributed by atoms with Crippen molar-refractivity contribution in [1.82, 2.24) is 0 Å². The molecule has 3 rings (SSSR count). The summed E-state index contributed by atoms with van der Waals surface area (Å²) in [6.07, 6.45) is 7.44. The van der Waals surface area contributed by atoms with Crippen LogP contribution in [0.15, 0.2) is 24.3 Å². The van der Waals surface area contributed by atoms with Crippen molar-refractivity contribution in [2.24, 2.45) is 17.8 Å². The second kappa shape index (κ2) is 5.33. The van der Waals surface area contributed by atoms with E-state index >= 15 is 0 Å². The number of anilines is 1. The maximum Gasteiger partial charge on any atom is 0.143 e. The van der Waals surface area contributed by atoms with Crippen molar-refractivity contribution in [3.63, 3.8) is 0 Å². The Bertz CT molecular complexity index is 540. The summed E-state index contributed by atoms with van der Waals surface area (Å²) in [5.41, 5.74) is 2.13. The first-order chi connectivity index (χ1) is 9.58. The SMILES string of the molecule is COc1cc(Cl)c(C)cc1NC(C)C1CC2C=CC1C2. The van der Waals surface area contributed by atoms with Gasteiger partial charge in [-0.2, -0.15) is 0 Å². The van der Waals surface area contributed by atoms with Gasteiger partial charge in [-0.15, -0.1) is 0 Å². The van der Waals surface area contributed by atoms with Crippen molar-refractivity contribution in [3.8, 4) is 5.75 Å². The molecular weight excluding hydrogens is 270 g/mol. The minimum absolute atomic E-state index is 0.449. The first kappa shape index (κ1) is 13.8. The first-order valence-electron chi connectivity index (χ1n) is 7.37. The first-order valence-corrected chi connectivity index (χ1v) is 7.75. The smallest absolute Gasteiger partial charge is 0.143 e. The van der Waals surface area contributed by atoms with Gasteiger partial charge in [-0.3, -0.25) is 0 Å². The summed E-state index contributed by atoms with van der Waals surface area (Å²) in [6, 6.07) is 4.43. The zero-order chi connectivity index (χ0) is 14.3. The van der Waals surface area contributed by atoms with E-state index in [1.54, 1.807) is 7.11 Å². The number of ether oxygens (including phenoxy) is 1. The van der Waals surface area contributed by atoms with Gasteiger partial charge in [0.15, 0.2) is 0 Å². The number of methoxy groups -OCH3 is 1. The average Bonchev–Trinajstić information content (AvgIpc) is 3.05. The lowest BCUT2D eigenvalue weighted by Gasteiger charge is -2.28. The van der Waals surface area contributed by atoms with Gasteiger partial charge in [0.2, 0.25) is 0 Å². The molecule has 0 saturated heterocycles. The van der Waals surface area contributed by atoms with Crippen LogP contribution in [-0.4, -0.2) is 13.2 Å². The minimum Gasteiger partial charge on any atom is -0.495 e. The van der Waals surface area contributed by atoms with Crippen molar-refractivity contribution >= 4 is 17.3 Å². The maximum absolute atomic E-state index is 6.16. The maximum atomic E-state index is 6.16. The van der Waals surface area contributed by atoms with Crippen LogP contribution in [0.2, 0.25) is 5.02 Å². The fourth-order valence-corrected chi connectivity index (χ4v) is 3.85. The fraction of sp³-hybridized carbons (Fsp3) is 0.529. The molecule has 0 radical (unpaired) electrons. The van der Waals surface area contributed by atoms with Crippen molar-refractivity contribution in [3.05, 3.63) is 34.9 Å². The minimum atomic E-state index is 0.449. The Morgan fingerprint density at radius 3 is 2.70 bits per heavy atom. The second-order valence-corrected chi connectivity index (χ2v) is 6.59. The monoisotopic (exact) mass is 291 g/mol. The zero-order valence-electron chi connectivity index (χ0n) is 12.3. The molecule has 3 heteroatoms. The highest BCUT2D eigenvalue weighted by molar-refractivity contribution is 6.31. The summed E-state index contributed by atoms with van der Waals surface area (Å²) >= 11 is 6.16. The molecule has 0 heterocycles. The molecule has 0 spiro atoms. The standard InChI is InChI=1S/C17H22ClNO/c1-10-6-16(17(20-3)9-15(10)18)19-11(2)14-8-12-4-5-13(14)7-12/h4-6,9,11-14,19H,7-8H2,1-3H3. The normalized spacial score (nSPS) is 28.7. The predicted molar refractivity (Wildman–Crippen MR) is 84.7 cm³/mol. The van der Waals surface area contributed by atoms with E-state index < -0.39 is 0 Å². The molecule has 4 atom stereocenters. The van der Waals surface area contributed by atoms with E-state index in [0.29, 0.717) is 6.04 Å². The summed E-state index contributed by atoms with van der Waals surface area (Å²) in [6.45, 7) is 4.31. The average molecular weight is 292 g/mol. The molecule has 1 fully saturated rings. The number of hydrogen-bond donors (Lipinski definition) is 1. The molecule has 20 heavy (non-hydrogen) atoms. The highest BCUT2D eigenvalue weighted by Crippen LogP contribution is 2.45. The lowest BCUT2D eigenvalue weighted by atomic mass is 9.87. The molecule has 2 aliphatic carbocycles. The van der Waals surface area contributed by atoms with Crippen LogP contribution in [-0.2, 0) is 0 Å². The van der Waals surface area contributed by atoms with Gasteiger partial charge >= 0.3 is 0 Å². The van der Waals surface area contributed by atoms with E-state index in [2.05, 4.69) is 30.5 Å². The molecule has 2 nitrogen and oxygen atoms in total. The summed E-state index contributed by atoms with van der Waals surface area (Å²) in [5, 5.41) is 4.39. The molecule has 108 valence electrons. The lowest BCUT2D eigenvalue weighted by molar-refractivity contribution is 0.393. The van der Waals surface area contributed by atoms with Gasteiger partial charge in [0.05, 0.1) is 12.8 Å². The number of rotatable bonds is 4. The van der Waals surface area contributed by atoms with Gasteiger partial charge in [-0.25, -0.2) is 0 Å². The number of fused-ring (bicyclic) bond motifs is 2. The van der Waals surface area contributed by atoms with E-state index in [-0.39, 0.29) is 0 Å². The van der Waals surface area contributed by atoms with E-state index in [0.717, 1.165) is 39.8 Å². The van der Waals surface area contributed by atoms with Crippen LogP contribution in [0.25, 0.3) is 0 Å². The summed E-state index contributed by atoms with van der Waals surface area (Å²) < 4.78 is 5.45. The molecular formula is C17H22ClNO. The van der Waals surface area contributed by atoms with Crippen molar-refractivity contribution in [2.75, 3.05) is 12.4 Å². The quantitative estimate of drug-likeness (QED) is 0.814. The number of aryl methyl sites for hydroxylation is 1. The molecule has 1 aromatic carbocycles. The molecule has 1 N–H and O–H groups in total.